The zero-order chi connectivity index (χ0) is 16.1. The van der Waals surface area contributed by atoms with Gasteiger partial charge in [-0.05, 0) is 60.9 Å². The number of para-hydroxylation sites is 1. The van der Waals surface area contributed by atoms with E-state index in [0.717, 1.165) is 6.42 Å². The van der Waals surface area contributed by atoms with Crippen LogP contribution in [0.25, 0.3) is 0 Å². The molecule has 0 heterocycles. The monoisotopic (exact) mass is 301 g/mol. The van der Waals surface area contributed by atoms with E-state index in [2.05, 4.69) is 97.6 Å². The van der Waals surface area contributed by atoms with E-state index in [-0.39, 0.29) is 0 Å². The number of benzene rings is 3. The average molecular weight is 301 g/mol. The van der Waals surface area contributed by atoms with E-state index >= 15 is 0 Å². The van der Waals surface area contributed by atoms with Gasteiger partial charge in [0, 0.05) is 17.1 Å². The Morgan fingerprint density at radius 1 is 0.696 bits per heavy atom. The highest BCUT2D eigenvalue weighted by Gasteiger charge is 2.11. The first-order valence-corrected chi connectivity index (χ1v) is 8.28. The van der Waals surface area contributed by atoms with Gasteiger partial charge in [0.15, 0.2) is 0 Å². The van der Waals surface area contributed by atoms with Crippen molar-refractivity contribution in [2.45, 2.75) is 26.7 Å². The molecule has 0 aliphatic heterocycles. The molecule has 0 aliphatic rings. The van der Waals surface area contributed by atoms with Crippen LogP contribution < -0.4 is 4.90 Å². The fourth-order valence-corrected chi connectivity index (χ4v) is 2.89. The van der Waals surface area contributed by atoms with Crippen molar-refractivity contribution in [1.29, 1.82) is 0 Å². The van der Waals surface area contributed by atoms with Gasteiger partial charge in [-0.2, -0.15) is 0 Å². The largest absolute Gasteiger partial charge is 0.310 e. The number of nitrogens with zero attached hydrogens (tertiary/aromatic N) is 1. The molecule has 0 saturated carbocycles. The van der Waals surface area contributed by atoms with Crippen molar-refractivity contribution in [3.63, 3.8) is 0 Å². The van der Waals surface area contributed by atoms with E-state index in [9.17, 15) is 0 Å². The van der Waals surface area contributed by atoms with Gasteiger partial charge in [-0.3, -0.25) is 0 Å². The van der Waals surface area contributed by atoms with Gasteiger partial charge in [0.1, 0.15) is 0 Å². The normalized spacial score (nSPS) is 10.5. The van der Waals surface area contributed by atoms with Crippen LogP contribution in [0.5, 0.6) is 0 Å². The van der Waals surface area contributed by atoms with Crippen molar-refractivity contribution in [3.05, 3.63) is 90.0 Å². The van der Waals surface area contributed by atoms with Crippen molar-refractivity contribution in [2.24, 2.45) is 0 Å². The van der Waals surface area contributed by atoms with Crippen LogP contribution in [0, 0.1) is 6.92 Å². The summed E-state index contributed by atoms with van der Waals surface area (Å²) in [6.45, 7) is 4.36. The Morgan fingerprint density at radius 3 is 2.00 bits per heavy atom. The molecule has 0 amide bonds. The van der Waals surface area contributed by atoms with Crippen molar-refractivity contribution in [3.8, 4) is 0 Å². The van der Waals surface area contributed by atoms with Crippen LogP contribution in [0.2, 0.25) is 0 Å². The molecule has 3 aromatic carbocycles. The Hall–Kier alpha value is -2.54. The van der Waals surface area contributed by atoms with E-state index in [4.69, 9.17) is 0 Å². The predicted molar refractivity (Wildman–Crippen MR) is 99.9 cm³/mol. The van der Waals surface area contributed by atoms with Crippen LogP contribution in [0.1, 0.15) is 24.5 Å². The topological polar surface area (TPSA) is 3.24 Å². The second-order valence-corrected chi connectivity index (χ2v) is 5.93. The lowest BCUT2D eigenvalue weighted by molar-refractivity contribution is 0.922. The fraction of sp³-hybridized carbons (Fsp3) is 0.182. The van der Waals surface area contributed by atoms with Gasteiger partial charge in [-0.1, -0.05) is 55.8 Å². The van der Waals surface area contributed by atoms with Crippen LogP contribution in [-0.2, 0) is 6.42 Å². The van der Waals surface area contributed by atoms with Crippen LogP contribution >= 0.6 is 0 Å². The highest BCUT2D eigenvalue weighted by molar-refractivity contribution is 5.76. The second kappa shape index (κ2) is 7.15. The average Bonchev–Trinajstić information content (AvgIpc) is 2.58. The highest BCUT2D eigenvalue weighted by Crippen LogP contribution is 2.34. The quantitative estimate of drug-likeness (QED) is 0.525. The summed E-state index contributed by atoms with van der Waals surface area (Å²) in [5.74, 6) is 0. The summed E-state index contributed by atoms with van der Waals surface area (Å²) < 4.78 is 0. The molecule has 0 bridgehead atoms. The first-order chi connectivity index (χ1) is 11.3. The molecule has 0 unspecified atom stereocenters. The van der Waals surface area contributed by atoms with Gasteiger partial charge in [0.25, 0.3) is 0 Å². The van der Waals surface area contributed by atoms with Crippen LogP contribution in [-0.4, -0.2) is 0 Å². The minimum Gasteiger partial charge on any atom is -0.310 e. The molecule has 0 aromatic heterocycles. The Bertz CT molecular complexity index is 744. The van der Waals surface area contributed by atoms with E-state index in [1.165, 1.54) is 34.6 Å². The van der Waals surface area contributed by atoms with Crippen LogP contribution in [0.15, 0.2) is 78.9 Å². The zero-order valence-electron chi connectivity index (χ0n) is 13.9. The molecule has 1 heteroatoms. The summed E-state index contributed by atoms with van der Waals surface area (Å²) in [7, 11) is 0. The molecular weight excluding hydrogens is 278 g/mol. The van der Waals surface area contributed by atoms with Gasteiger partial charge in [-0.15, -0.1) is 0 Å². The van der Waals surface area contributed by atoms with Gasteiger partial charge < -0.3 is 4.90 Å². The van der Waals surface area contributed by atoms with Crippen molar-refractivity contribution in [2.75, 3.05) is 4.90 Å². The maximum atomic E-state index is 2.31. The molecule has 0 saturated heterocycles. The molecule has 0 atom stereocenters. The lowest BCUT2D eigenvalue weighted by Crippen LogP contribution is -2.09. The van der Waals surface area contributed by atoms with E-state index in [1.54, 1.807) is 0 Å². The first kappa shape index (κ1) is 15.4. The number of hydrogen-bond acceptors (Lipinski definition) is 1. The number of rotatable bonds is 5. The maximum absolute atomic E-state index is 2.31. The minimum atomic E-state index is 1.13. The summed E-state index contributed by atoms with van der Waals surface area (Å²) in [6.07, 6.45) is 2.32. The Kier molecular flexibility index (Phi) is 4.77. The Morgan fingerprint density at radius 2 is 1.35 bits per heavy atom. The molecule has 3 rings (SSSR count). The molecule has 0 N–H and O–H groups in total. The van der Waals surface area contributed by atoms with E-state index < -0.39 is 0 Å². The molecule has 0 radical (unpaired) electrons. The first-order valence-electron chi connectivity index (χ1n) is 8.28. The second-order valence-electron chi connectivity index (χ2n) is 5.93. The summed E-state index contributed by atoms with van der Waals surface area (Å²) in [4.78, 5) is 2.31. The third kappa shape index (κ3) is 3.62. The standard InChI is InChI=1S/C22H23N/c1-3-8-19-13-15-21(16-14-19)23(20-10-5-4-6-11-20)22-12-7-9-18(2)17-22/h4-7,9-17H,3,8H2,1-2H3. The summed E-state index contributed by atoms with van der Waals surface area (Å²) in [5, 5.41) is 0. The molecule has 3 aromatic rings. The zero-order valence-corrected chi connectivity index (χ0v) is 13.9. The molecule has 0 spiro atoms. The minimum absolute atomic E-state index is 1.13. The smallest absolute Gasteiger partial charge is 0.0464 e. The molecule has 0 aliphatic carbocycles. The van der Waals surface area contributed by atoms with Crippen LogP contribution in [0.3, 0.4) is 0 Å². The molecular formula is C22H23N. The van der Waals surface area contributed by atoms with E-state index in [1.807, 2.05) is 0 Å². The third-order valence-corrected chi connectivity index (χ3v) is 4.01. The third-order valence-electron chi connectivity index (χ3n) is 4.01. The van der Waals surface area contributed by atoms with E-state index in [0.29, 0.717) is 0 Å². The lowest BCUT2D eigenvalue weighted by atomic mass is 10.1. The van der Waals surface area contributed by atoms with Crippen molar-refractivity contribution < 1.29 is 0 Å². The summed E-state index contributed by atoms with van der Waals surface area (Å²) >= 11 is 0. The molecule has 1 nitrogen and oxygen atoms in total. The number of aryl methyl sites for hydroxylation is 2. The Balaban J connectivity index is 2.05. The van der Waals surface area contributed by atoms with Crippen LogP contribution in [0.4, 0.5) is 17.1 Å². The van der Waals surface area contributed by atoms with Crippen molar-refractivity contribution in [1.82, 2.24) is 0 Å². The molecule has 23 heavy (non-hydrogen) atoms. The fourth-order valence-electron chi connectivity index (χ4n) is 2.89. The van der Waals surface area contributed by atoms with Crippen molar-refractivity contribution >= 4 is 17.1 Å². The highest BCUT2D eigenvalue weighted by atomic mass is 15.1. The van der Waals surface area contributed by atoms with Gasteiger partial charge in [-0.25, -0.2) is 0 Å². The van der Waals surface area contributed by atoms with Gasteiger partial charge in [0.05, 0.1) is 0 Å². The number of anilines is 3. The number of hydrogen-bond donors (Lipinski definition) is 0. The Labute approximate surface area is 139 Å². The van der Waals surface area contributed by atoms with Gasteiger partial charge >= 0.3 is 0 Å². The molecule has 0 fully saturated rings. The SMILES string of the molecule is CCCc1ccc(N(c2ccccc2)c2cccc(C)c2)cc1. The predicted octanol–water partition coefficient (Wildman–Crippen LogP) is 6.42. The summed E-state index contributed by atoms with van der Waals surface area (Å²) in [5.41, 5.74) is 6.24. The lowest BCUT2D eigenvalue weighted by Gasteiger charge is -2.26. The maximum Gasteiger partial charge on any atom is 0.0464 e. The molecule has 116 valence electrons. The van der Waals surface area contributed by atoms with Gasteiger partial charge in [0.2, 0.25) is 0 Å². The summed E-state index contributed by atoms with van der Waals surface area (Å²) in [6, 6.07) is 28.1.